The average molecular weight is 339 g/mol. The minimum Gasteiger partial charge on any atom is -0.347 e. The maximum absolute atomic E-state index is 12.3. The fourth-order valence-corrected chi connectivity index (χ4v) is 3.45. The van der Waals surface area contributed by atoms with Gasteiger partial charge in [-0.15, -0.1) is 0 Å². The molecular formula is C16H25N3O5. The van der Waals surface area contributed by atoms with E-state index >= 15 is 0 Å². The molecule has 0 unspecified atom stereocenters. The minimum atomic E-state index is -0.858. The Hall–Kier alpha value is -1.67. The van der Waals surface area contributed by atoms with E-state index in [1.54, 1.807) is 13.8 Å². The Bertz CT molecular complexity index is 532. The molecule has 0 radical (unpaired) electrons. The maximum Gasteiger partial charge on any atom is 0.325 e. The third-order valence-corrected chi connectivity index (χ3v) is 4.91. The van der Waals surface area contributed by atoms with Crippen LogP contribution in [0.4, 0.5) is 4.79 Å². The number of nitrogens with one attached hydrogen (secondary N) is 1. The van der Waals surface area contributed by atoms with Crippen molar-refractivity contribution in [3.05, 3.63) is 0 Å². The van der Waals surface area contributed by atoms with Gasteiger partial charge in [0.25, 0.3) is 5.91 Å². The molecule has 3 heterocycles. The van der Waals surface area contributed by atoms with Gasteiger partial charge in [0, 0.05) is 38.9 Å². The first-order valence-corrected chi connectivity index (χ1v) is 8.53. The number of piperidine rings is 1. The summed E-state index contributed by atoms with van der Waals surface area (Å²) in [5.74, 6) is -0.674. The summed E-state index contributed by atoms with van der Waals surface area (Å²) in [7, 11) is 0. The molecule has 1 N–H and O–H groups in total. The molecule has 134 valence electrons. The highest BCUT2D eigenvalue weighted by atomic mass is 16.7. The van der Waals surface area contributed by atoms with E-state index in [4.69, 9.17) is 9.47 Å². The van der Waals surface area contributed by atoms with Crippen LogP contribution in [0.1, 0.15) is 39.5 Å². The summed E-state index contributed by atoms with van der Waals surface area (Å²) in [5, 5.41) is 2.64. The second-order valence-electron chi connectivity index (χ2n) is 7.10. The number of urea groups is 1. The Morgan fingerprint density at radius 2 is 1.79 bits per heavy atom. The number of rotatable bonds is 4. The van der Waals surface area contributed by atoms with Gasteiger partial charge in [-0.3, -0.25) is 14.5 Å². The van der Waals surface area contributed by atoms with Gasteiger partial charge >= 0.3 is 6.03 Å². The van der Waals surface area contributed by atoms with Gasteiger partial charge in [-0.25, -0.2) is 4.79 Å². The van der Waals surface area contributed by atoms with Gasteiger partial charge in [-0.2, -0.15) is 0 Å². The summed E-state index contributed by atoms with van der Waals surface area (Å²) < 4.78 is 11.3. The minimum absolute atomic E-state index is 0.0501. The van der Waals surface area contributed by atoms with Gasteiger partial charge in [0.1, 0.15) is 5.54 Å². The molecule has 3 aliphatic heterocycles. The number of ether oxygens (including phenoxy) is 2. The lowest BCUT2D eigenvalue weighted by molar-refractivity contribution is -0.187. The average Bonchev–Trinajstić information content (AvgIpc) is 3.05. The van der Waals surface area contributed by atoms with E-state index in [0.717, 1.165) is 0 Å². The lowest BCUT2D eigenvalue weighted by Gasteiger charge is -2.37. The Balaban J connectivity index is 1.42. The predicted molar refractivity (Wildman–Crippen MR) is 84.0 cm³/mol. The first-order chi connectivity index (χ1) is 11.3. The van der Waals surface area contributed by atoms with E-state index in [2.05, 4.69) is 5.32 Å². The van der Waals surface area contributed by atoms with Crippen molar-refractivity contribution in [1.29, 1.82) is 0 Å². The fraction of sp³-hybridized carbons (Fsp3) is 0.812. The van der Waals surface area contributed by atoms with Gasteiger partial charge in [0.05, 0.1) is 13.2 Å². The van der Waals surface area contributed by atoms with Crippen molar-refractivity contribution in [2.24, 2.45) is 0 Å². The van der Waals surface area contributed by atoms with Crippen LogP contribution in [0.5, 0.6) is 0 Å². The van der Waals surface area contributed by atoms with Crippen LogP contribution in [-0.2, 0) is 19.1 Å². The highest BCUT2D eigenvalue weighted by molar-refractivity contribution is 6.06. The largest absolute Gasteiger partial charge is 0.347 e. The number of hydrogen-bond acceptors (Lipinski definition) is 5. The van der Waals surface area contributed by atoms with Crippen molar-refractivity contribution in [1.82, 2.24) is 15.1 Å². The Labute approximate surface area is 141 Å². The van der Waals surface area contributed by atoms with E-state index in [0.29, 0.717) is 52.0 Å². The molecule has 3 aliphatic rings. The SMILES string of the molecule is CC1(C)NC(=O)N(CCCC(=O)N2CCC3(CC2)OCCO3)C1=O. The zero-order valence-electron chi connectivity index (χ0n) is 14.3. The van der Waals surface area contributed by atoms with Gasteiger partial charge in [-0.1, -0.05) is 0 Å². The number of carbonyl (C=O) groups excluding carboxylic acids is 3. The molecule has 0 saturated carbocycles. The standard InChI is InChI=1S/C16H25N3O5/c1-15(2)13(21)19(14(22)17-15)7-3-4-12(20)18-8-5-16(6-9-18)23-10-11-24-16/h3-11H2,1-2H3,(H,17,22). The maximum atomic E-state index is 12.3. The van der Waals surface area contributed by atoms with Gasteiger partial charge in [-0.05, 0) is 20.3 Å². The summed E-state index contributed by atoms with van der Waals surface area (Å²) in [5.41, 5.74) is -0.858. The smallest absolute Gasteiger partial charge is 0.325 e. The highest BCUT2D eigenvalue weighted by Crippen LogP contribution is 2.31. The Morgan fingerprint density at radius 1 is 1.17 bits per heavy atom. The zero-order chi connectivity index (χ0) is 17.4. The lowest BCUT2D eigenvalue weighted by atomic mass is 10.0. The van der Waals surface area contributed by atoms with Crippen molar-refractivity contribution in [2.75, 3.05) is 32.8 Å². The summed E-state index contributed by atoms with van der Waals surface area (Å²) in [4.78, 5) is 39.2. The second kappa shape index (κ2) is 6.33. The molecule has 0 aromatic heterocycles. The molecule has 0 aliphatic carbocycles. The molecule has 3 rings (SSSR count). The molecule has 0 aromatic carbocycles. The number of amides is 4. The molecule has 1 spiro atoms. The van der Waals surface area contributed by atoms with Crippen molar-refractivity contribution in [3.63, 3.8) is 0 Å². The van der Waals surface area contributed by atoms with Crippen LogP contribution in [0.15, 0.2) is 0 Å². The van der Waals surface area contributed by atoms with Crippen molar-refractivity contribution in [3.8, 4) is 0 Å². The summed E-state index contributed by atoms with van der Waals surface area (Å²) in [6.07, 6.45) is 2.19. The van der Waals surface area contributed by atoms with Gasteiger partial charge in [0.15, 0.2) is 5.79 Å². The molecule has 8 nitrogen and oxygen atoms in total. The number of hydrogen-bond donors (Lipinski definition) is 1. The molecule has 4 amide bonds. The van der Waals surface area contributed by atoms with Crippen molar-refractivity contribution < 1.29 is 23.9 Å². The fourth-order valence-electron chi connectivity index (χ4n) is 3.45. The topological polar surface area (TPSA) is 88.2 Å². The van der Waals surface area contributed by atoms with Crippen LogP contribution in [0, 0.1) is 0 Å². The van der Waals surface area contributed by atoms with Crippen LogP contribution in [-0.4, -0.2) is 71.8 Å². The van der Waals surface area contributed by atoms with E-state index in [9.17, 15) is 14.4 Å². The van der Waals surface area contributed by atoms with E-state index in [-0.39, 0.29) is 24.4 Å². The van der Waals surface area contributed by atoms with Crippen LogP contribution in [0.2, 0.25) is 0 Å². The molecule has 0 bridgehead atoms. The normalized spacial score (nSPS) is 25.4. The summed E-state index contributed by atoms with van der Waals surface area (Å²) in [6, 6.07) is -0.382. The van der Waals surface area contributed by atoms with Crippen molar-refractivity contribution >= 4 is 17.8 Å². The quantitative estimate of drug-likeness (QED) is 0.752. The number of imide groups is 1. The van der Waals surface area contributed by atoms with Crippen LogP contribution in [0.3, 0.4) is 0 Å². The highest BCUT2D eigenvalue weighted by Gasteiger charge is 2.44. The molecule has 24 heavy (non-hydrogen) atoms. The van der Waals surface area contributed by atoms with Crippen LogP contribution < -0.4 is 5.32 Å². The molecule has 3 saturated heterocycles. The first-order valence-electron chi connectivity index (χ1n) is 8.53. The molecular weight excluding hydrogens is 314 g/mol. The number of carbonyl (C=O) groups is 3. The second-order valence-corrected chi connectivity index (χ2v) is 7.10. The predicted octanol–water partition coefficient (Wildman–Crippen LogP) is 0.463. The zero-order valence-corrected chi connectivity index (χ0v) is 14.3. The monoisotopic (exact) mass is 339 g/mol. The molecule has 8 heteroatoms. The van der Waals surface area contributed by atoms with Gasteiger partial charge < -0.3 is 19.7 Å². The van der Waals surface area contributed by atoms with Gasteiger partial charge in [0.2, 0.25) is 5.91 Å². The molecule has 0 aromatic rings. The van der Waals surface area contributed by atoms with E-state index in [1.807, 2.05) is 4.90 Å². The first kappa shape index (κ1) is 17.2. The third-order valence-electron chi connectivity index (χ3n) is 4.91. The van der Waals surface area contributed by atoms with Crippen LogP contribution >= 0.6 is 0 Å². The Kier molecular flexibility index (Phi) is 4.52. The Morgan fingerprint density at radius 3 is 2.33 bits per heavy atom. The summed E-state index contributed by atoms with van der Waals surface area (Å²) >= 11 is 0. The number of likely N-dealkylation sites (tertiary alicyclic amines) is 1. The van der Waals surface area contributed by atoms with E-state index in [1.165, 1.54) is 4.90 Å². The number of nitrogens with zero attached hydrogens (tertiary/aromatic N) is 2. The molecule has 3 fully saturated rings. The third kappa shape index (κ3) is 3.25. The summed E-state index contributed by atoms with van der Waals surface area (Å²) in [6.45, 7) is 6.10. The van der Waals surface area contributed by atoms with Crippen LogP contribution in [0.25, 0.3) is 0 Å². The van der Waals surface area contributed by atoms with Crippen molar-refractivity contribution in [2.45, 2.75) is 50.9 Å². The lowest BCUT2D eigenvalue weighted by Crippen LogP contribution is -2.47. The molecule has 0 atom stereocenters. The van der Waals surface area contributed by atoms with E-state index < -0.39 is 11.3 Å².